The fourth-order valence-electron chi connectivity index (χ4n) is 1.04. The molecule has 0 spiro atoms. The smallest absolute Gasteiger partial charge is 0.0827 e. The molecule has 1 aromatic rings. The molecule has 0 aliphatic carbocycles. The second kappa shape index (κ2) is 4.24. The lowest BCUT2D eigenvalue weighted by atomic mass is 10.2. The lowest BCUT2D eigenvalue weighted by Gasteiger charge is -2.00. The van der Waals surface area contributed by atoms with Gasteiger partial charge in [-0.1, -0.05) is 18.6 Å². The summed E-state index contributed by atoms with van der Waals surface area (Å²) in [5.41, 5.74) is 1.12. The number of nitrogens with zero attached hydrogens (tertiary/aromatic N) is 3. The van der Waals surface area contributed by atoms with E-state index in [4.69, 9.17) is 0 Å². The summed E-state index contributed by atoms with van der Waals surface area (Å²) in [6, 6.07) is 0.424. The molecule has 0 aromatic carbocycles. The summed E-state index contributed by atoms with van der Waals surface area (Å²) < 4.78 is 1.91. The molecule has 0 N–H and O–H groups in total. The molecule has 0 aliphatic rings. The Morgan fingerprint density at radius 2 is 2.25 bits per heavy atom. The molecule has 0 radical (unpaired) electrons. The van der Waals surface area contributed by atoms with Crippen molar-refractivity contribution in [2.24, 2.45) is 0 Å². The van der Waals surface area contributed by atoms with Crippen LogP contribution in [0.25, 0.3) is 0 Å². The maximum atomic E-state index is 4.09. The van der Waals surface area contributed by atoms with Gasteiger partial charge >= 0.3 is 0 Å². The third-order valence-electron chi connectivity index (χ3n) is 1.87. The van der Waals surface area contributed by atoms with Gasteiger partial charge in [-0.3, -0.25) is 0 Å². The second-order valence-corrected chi connectivity index (χ2v) is 3.39. The monoisotopic (exact) mass is 167 g/mol. The lowest BCUT2D eigenvalue weighted by molar-refractivity contribution is 0.514. The molecule has 0 saturated heterocycles. The van der Waals surface area contributed by atoms with E-state index in [0.29, 0.717) is 6.04 Å². The molecule has 0 unspecified atom stereocenters. The minimum Gasteiger partial charge on any atom is -0.250 e. The molecule has 3 heteroatoms. The molecule has 1 rings (SSSR count). The Kier molecular flexibility index (Phi) is 3.26. The van der Waals surface area contributed by atoms with Gasteiger partial charge in [-0.05, 0) is 26.7 Å². The number of hydrogen-bond acceptors (Lipinski definition) is 2. The fourth-order valence-corrected chi connectivity index (χ4v) is 1.04. The summed E-state index contributed by atoms with van der Waals surface area (Å²) in [4.78, 5) is 0. The van der Waals surface area contributed by atoms with E-state index in [1.165, 1.54) is 12.8 Å². The van der Waals surface area contributed by atoms with Crippen LogP contribution in [0, 0.1) is 0 Å². The maximum absolute atomic E-state index is 4.09. The van der Waals surface area contributed by atoms with Crippen LogP contribution in [0.3, 0.4) is 0 Å². The number of aryl methyl sites for hydroxylation is 1. The number of rotatable bonds is 4. The zero-order valence-corrected chi connectivity index (χ0v) is 8.12. The first kappa shape index (κ1) is 9.23. The topological polar surface area (TPSA) is 30.7 Å². The highest BCUT2D eigenvalue weighted by Crippen LogP contribution is 2.05. The van der Waals surface area contributed by atoms with E-state index in [1.807, 2.05) is 10.9 Å². The van der Waals surface area contributed by atoms with Crippen molar-refractivity contribution in [2.45, 2.75) is 46.1 Å². The zero-order valence-electron chi connectivity index (χ0n) is 8.12. The summed E-state index contributed by atoms with van der Waals surface area (Å²) in [5, 5.41) is 8.12. The maximum Gasteiger partial charge on any atom is 0.0827 e. The highest BCUT2D eigenvalue weighted by atomic mass is 15.4. The van der Waals surface area contributed by atoms with E-state index in [9.17, 15) is 0 Å². The highest BCUT2D eigenvalue weighted by molar-refractivity contribution is 4.92. The van der Waals surface area contributed by atoms with Crippen LogP contribution in [0.1, 0.15) is 45.3 Å². The first-order chi connectivity index (χ1) is 5.74. The minimum absolute atomic E-state index is 0.424. The molecule has 0 aliphatic heterocycles. The molecule has 1 heterocycles. The zero-order chi connectivity index (χ0) is 8.97. The van der Waals surface area contributed by atoms with Gasteiger partial charge < -0.3 is 0 Å². The van der Waals surface area contributed by atoms with Crippen LogP contribution in [0.2, 0.25) is 0 Å². The largest absolute Gasteiger partial charge is 0.250 e. The first-order valence-corrected chi connectivity index (χ1v) is 4.64. The van der Waals surface area contributed by atoms with Crippen LogP contribution in [0.15, 0.2) is 6.20 Å². The molecular formula is C9H17N3. The van der Waals surface area contributed by atoms with Crippen molar-refractivity contribution >= 4 is 0 Å². The van der Waals surface area contributed by atoms with Crippen molar-refractivity contribution in [3.05, 3.63) is 11.9 Å². The van der Waals surface area contributed by atoms with Crippen molar-refractivity contribution in [2.75, 3.05) is 0 Å². The average molecular weight is 167 g/mol. The Bertz CT molecular complexity index is 227. The van der Waals surface area contributed by atoms with Gasteiger partial charge in [0.05, 0.1) is 5.69 Å². The Labute approximate surface area is 73.8 Å². The SMILES string of the molecule is CCCCc1cn(C(C)C)nn1. The van der Waals surface area contributed by atoms with Gasteiger partial charge in [0.2, 0.25) is 0 Å². The summed E-state index contributed by atoms with van der Waals surface area (Å²) in [5.74, 6) is 0. The van der Waals surface area contributed by atoms with Crippen molar-refractivity contribution in [3.63, 3.8) is 0 Å². The predicted molar refractivity (Wildman–Crippen MR) is 49.0 cm³/mol. The van der Waals surface area contributed by atoms with Crippen LogP contribution in [-0.4, -0.2) is 15.0 Å². The van der Waals surface area contributed by atoms with E-state index < -0.39 is 0 Å². The molecule has 0 bridgehead atoms. The normalized spacial score (nSPS) is 11.0. The van der Waals surface area contributed by atoms with Crippen molar-refractivity contribution in [1.82, 2.24) is 15.0 Å². The molecule has 0 saturated carbocycles. The fraction of sp³-hybridized carbons (Fsp3) is 0.778. The third kappa shape index (κ3) is 2.32. The summed E-state index contributed by atoms with van der Waals surface area (Å²) in [6.07, 6.45) is 5.52. The van der Waals surface area contributed by atoms with E-state index in [-0.39, 0.29) is 0 Å². The standard InChI is InChI=1S/C9H17N3/c1-4-5-6-9-7-12(8(2)3)11-10-9/h7-8H,4-6H2,1-3H3. The number of unbranched alkanes of at least 4 members (excludes halogenated alkanes) is 1. The van der Waals surface area contributed by atoms with E-state index in [0.717, 1.165) is 12.1 Å². The predicted octanol–water partition coefficient (Wildman–Crippen LogP) is 2.20. The van der Waals surface area contributed by atoms with Crippen LogP contribution in [0.4, 0.5) is 0 Å². The summed E-state index contributed by atoms with van der Waals surface area (Å²) >= 11 is 0. The third-order valence-corrected chi connectivity index (χ3v) is 1.87. The molecule has 0 amide bonds. The van der Waals surface area contributed by atoms with E-state index in [2.05, 4.69) is 31.1 Å². The molecule has 0 fully saturated rings. The van der Waals surface area contributed by atoms with Gasteiger partial charge in [-0.2, -0.15) is 0 Å². The van der Waals surface area contributed by atoms with Gasteiger partial charge in [-0.15, -0.1) is 5.10 Å². The summed E-state index contributed by atoms with van der Waals surface area (Å²) in [7, 11) is 0. The van der Waals surface area contributed by atoms with Gasteiger partial charge in [0.25, 0.3) is 0 Å². The second-order valence-electron chi connectivity index (χ2n) is 3.39. The van der Waals surface area contributed by atoms with E-state index >= 15 is 0 Å². The van der Waals surface area contributed by atoms with Gasteiger partial charge in [0, 0.05) is 12.2 Å². The van der Waals surface area contributed by atoms with Crippen LogP contribution in [0.5, 0.6) is 0 Å². The Balaban J connectivity index is 2.52. The van der Waals surface area contributed by atoms with Crippen molar-refractivity contribution in [1.29, 1.82) is 0 Å². The Morgan fingerprint density at radius 1 is 1.50 bits per heavy atom. The summed E-state index contributed by atoms with van der Waals surface area (Å²) in [6.45, 7) is 6.41. The lowest BCUT2D eigenvalue weighted by Crippen LogP contribution is -2.00. The van der Waals surface area contributed by atoms with Crippen molar-refractivity contribution < 1.29 is 0 Å². The van der Waals surface area contributed by atoms with E-state index in [1.54, 1.807) is 0 Å². The van der Waals surface area contributed by atoms with Crippen molar-refractivity contribution in [3.8, 4) is 0 Å². The quantitative estimate of drug-likeness (QED) is 0.688. The molecule has 1 aromatic heterocycles. The Morgan fingerprint density at radius 3 is 2.75 bits per heavy atom. The number of hydrogen-bond donors (Lipinski definition) is 0. The van der Waals surface area contributed by atoms with Gasteiger partial charge in [0.15, 0.2) is 0 Å². The van der Waals surface area contributed by atoms with Crippen LogP contribution >= 0.6 is 0 Å². The molecule has 68 valence electrons. The molecule has 3 nitrogen and oxygen atoms in total. The number of aromatic nitrogens is 3. The Hall–Kier alpha value is -0.860. The van der Waals surface area contributed by atoms with Crippen LogP contribution < -0.4 is 0 Å². The molecule has 12 heavy (non-hydrogen) atoms. The molecule has 0 atom stereocenters. The highest BCUT2D eigenvalue weighted by Gasteiger charge is 2.01. The van der Waals surface area contributed by atoms with Crippen LogP contribution in [-0.2, 0) is 6.42 Å². The first-order valence-electron chi connectivity index (χ1n) is 4.64. The van der Waals surface area contributed by atoms with Gasteiger partial charge in [0.1, 0.15) is 0 Å². The molecular weight excluding hydrogens is 150 g/mol. The average Bonchev–Trinajstić information content (AvgIpc) is 2.48. The van der Waals surface area contributed by atoms with Gasteiger partial charge in [-0.25, -0.2) is 4.68 Å². The minimum atomic E-state index is 0.424.